The van der Waals surface area contributed by atoms with E-state index in [4.69, 9.17) is 0 Å². The summed E-state index contributed by atoms with van der Waals surface area (Å²) in [6, 6.07) is 14.5. The molecule has 7 heteroatoms. The van der Waals surface area contributed by atoms with E-state index in [-0.39, 0.29) is 15.3 Å². The first-order chi connectivity index (χ1) is 10.9. The van der Waals surface area contributed by atoms with Crippen LogP contribution in [-0.2, 0) is 3.74 Å². The Labute approximate surface area is 134 Å². The van der Waals surface area contributed by atoms with Crippen LogP contribution in [0.3, 0.4) is 0 Å². The Balaban J connectivity index is 2.30. The number of carboxylic acid groups (broad SMARTS) is 1. The fraction of sp³-hybridized carbons (Fsp3) is 0. The van der Waals surface area contributed by atoms with Gasteiger partial charge in [-0.2, -0.15) is 0 Å². The van der Waals surface area contributed by atoms with E-state index in [9.17, 15) is 21.8 Å². The topological polar surface area (TPSA) is 108 Å². The second-order valence-electron chi connectivity index (χ2n) is 4.97. The molecular weight excluding hydrogens is 361 g/mol. The third-order valence-corrected chi connectivity index (χ3v) is 5.42. The van der Waals surface area contributed by atoms with Crippen molar-refractivity contribution in [3.63, 3.8) is 0 Å². The summed E-state index contributed by atoms with van der Waals surface area (Å²) in [6.45, 7) is 0. The molecule has 3 aromatic rings. The second-order valence-corrected chi connectivity index (χ2v) is 8.34. The van der Waals surface area contributed by atoms with Crippen molar-refractivity contribution in [2.45, 2.75) is 0 Å². The van der Waals surface area contributed by atoms with Crippen LogP contribution in [0.1, 0.15) is 10.4 Å². The molecule has 0 saturated carbocycles. The zero-order valence-electron chi connectivity index (χ0n) is 11.7. The van der Waals surface area contributed by atoms with Crippen molar-refractivity contribution >= 4 is 35.4 Å². The van der Waals surface area contributed by atoms with Gasteiger partial charge in [0, 0.05) is 0 Å². The molecule has 3 N–H and O–H groups in total. The molecule has 0 spiro atoms. The van der Waals surface area contributed by atoms with E-state index in [1.54, 1.807) is 0 Å². The molecule has 0 unspecified atom stereocenters. The van der Waals surface area contributed by atoms with E-state index < -0.39 is 20.1 Å². The van der Waals surface area contributed by atoms with Gasteiger partial charge in [-0.3, -0.25) is 0 Å². The fourth-order valence-corrected chi connectivity index (χ4v) is 3.52. The van der Waals surface area contributed by atoms with Crippen LogP contribution < -0.4 is 4.35 Å². The van der Waals surface area contributed by atoms with Gasteiger partial charge in [-0.15, -0.1) is 0 Å². The maximum absolute atomic E-state index is 11.5. The summed E-state index contributed by atoms with van der Waals surface area (Å²) in [7, 11) is 0. The Morgan fingerprint density at radius 2 is 1.70 bits per heavy atom. The summed E-state index contributed by atoms with van der Waals surface area (Å²) < 4.78 is 29.9. The van der Waals surface area contributed by atoms with Gasteiger partial charge < -0.3 is 0 Å². The predicted molar refractivity (Wildman–Crippen MR) is 84.7 cm³/mol. The van der Waals surface area contributed by atoms with Crippen molar-refractivity contribution in [3.05, 3.63) is 60.2 Å². The zero-order valence-corrected chi connectivity index (χ0v) is 13.6. The van der Waals surface area contributed by atoms with Crippen molar-refractivity contribution < 1.29 is 21.8 Å². The Morgan fingerprint density at radius 1 is 1.00 bits per heavy atom. The Kier molecular flexibility index (Phi) is 3.81. The molecule has 23 heavy (non-hydrogen) atoms. The number of fused-ring (bicyclic) bond motifs is 1. The quantitative estimate of drug-likeness (QED) is 0.595. The monoisotopic (exact) mass is 373 g/mol. The Hall–Kier alpha value is -2.40. The van der Waals surface area contributed by atoms with Gasteiger partial charge in [0.2, 0.25) is 0 Å². The van der Waals surface area contributed by atoms with Crippen LogP contribution in [0.2, 0.25) is 0 Å². The summed E-state index contributed by atoms with van der Waals surface area (Å²) in [5.74, 6) is -1.18. The van der Waals surface area contributed by atoms with Crippen molar-refractivity contribution in [1.82, 2.24) is 4.98 Å². The van der Waals surface area contributed by atoms with Crippen molar-refractivity contribution in [2.75, 3.05) is 0 Å². The van der Waals surface area contributed by atoms with Gasteiger partial charge in [-0.25, -0.2) is 0 Å². The Bertz CT molecular complexity index is 949. The van der Waals surface area contributed by atoms with Gasteiger partial charge in [0.25, 0.3) is 0 Å². The van der Waals surface area contributed by atoms with Gasteiger partial charge in [0.1, 0.15) is 0 Å². The van der Waals surface area contributed by atoms with Gasteiger partial charge in [-0.1, -0.05) is 0 Å². The zero-order chi connectivity index (χ0) is 16.6. The number of nitrogens with zero attached hydrogens (tertiary/aromatic N) is 1. The number of carbonyl (C=O) groups is 1. The molecular formula is C16H12AsNO5. The van der Waals surface area contributed by atoms with E-state index in [2.05, 4.69) is 4.98 Å². The van der Waals surface area contributed by atoms with E-state index >= 15 is 0 Å². The van der Waals surface area contributed by atoms with Crippen LogP contribution in [0, 0.1) is 0 Å². The van der Waals surface area contributed by atoms with Gasteiger partial charge in [0.05, 0.1) is 0 Å². The standard InChI is InChI=1S/C16H12AsNO5/c19-16(20)13-9-15(10-4-2-1-3-5-10)18-14-7-6-11(8-12(13)14)17(21,22)23/h1-9H,(H,19,20)(H2,21,22,23). The molecule has 0 aliphatic rings. The molecule has 0 amide bonds. The molecule has 0 aliphatic heterocycles. The average Bonchev–Trinajstić information content (AvgIpc) is 2.53. The molecule has 116 valence electrons. The average molecular weight is 373 g/mol. The normalized spacial score (nSPS) is 11.6. The molecule has 0 saturated heterocycles. The predicted octanol–water partition coefficient (Wildman–Crippen LogP) is 1.16. The summed E-state index contributed by atoms with van der Waals surface area (Å²) in [5, 5.41) is 9.64. The number of pyridine rings is 1. The number of hydrogen-bond acceptors (Lipinski definition) is 3. The number of rotatable bonds is 3. The van der Waals surface area contributed by atoms with Crippen molar-refractivity contribution in [1.29, 1.82) is 0 Å². The van der Waals surface area contributed by atoms with E-state index in [1.807, 2.05) is 30.3 Å². The number of aromatic nitrogens is 1. The second kappa shape index (κ2) is 5.66. The van der Waals surface area contributed by atoms with Crippen LogP contribution in [0.5, 0.6) is 0 Å². The minimum atomic E-state index is -5.10. The van der Waals surface area contributed by atoms with Gasteiger partial charge >= 0.3 is 134 Å². The molecule has 0 radical (unpaired) electrons. The SMILES string of the molecule is O=C(O)c1cc(-c2ccccc2)nc2ccc([As](=O)(O)O)cc12. The number of hydrogen-bond donors (Lipinski definition) is 3. The minimum absolute atomic E-state index is 0.0420. The Morgan fingerprint density at radius 3 is 2.30 bits per heavy atom. The van der Waals surface area contributed by atoms with Crippen molar-refractivity contribution in [3.8, 4) is 11.3 Å². The van der Waals surface area contributed by atoms with Gasteiger partial charge in [0.15, 0.2) is 0 Å². The molecule has 2 aromatic carbocycles. The molecule has 0 bridgehead atoms. The summed E-state index contributed by atoms with van der Waals surface area (Å²) in [4.78, 5) is 15.9. The first-order valence-corrected chi connectivity index (χ1v) is 10.0. The molecule has 3 rings (SSSR count). The van der Waals surface area contributed by atoms with Crippen LogP contribution >= 0.6 is 0 Å². The number of benzene rings is 2. The summed E-state index contributed by atoms with van der Waals surface area (Å²) in [6.07, 6.45) is 0. The molecule has 0 aliphatic carbocycles. The molecule has 1 aromatic heterocycles. The van der Waals surface area contributed by atoms with Crippen LogP contribution in [0.25, 0.3) is 22.2 Å². The van der Waals surface area contributed by atoms with Crippen LogP contribution in [0.4, 0.5) is 0 Å². The van der Waals surface area contributed by atoms with E-state index in [1.165, 1.54) is 24.3 Å². The third-order valence-electron chi connectivity index (χ3n) is 3.43. The maximum atomic E-state index is 11.5. The fourth-order valence-electron chi connectivity index (χ4n) is 2.33. The molecule has 0 atom stereocenters. The number of carboxylic acids is 1. The van der Waals surface area contributed by atoms with Crippen molar-refractivity contribution in [2.24, 2.45) is 0 Å². The number of aromatic carboxylic acids is 1. The van der Waals surface area contributed by atoms with Crippen LogP contribution in [-0.4, -0.2) is 38.4 Å². The molecule has 0 fully saturated rings. The van der Waals surface area contributed by atoms with E-state index in [0.717, 1.165) is 5.56 Å². The molecule has 6 nitrogen and oxygen atoms in total. The third kappa shape index (κ3) is 3.05. The first kappa shape index (κ1) is 15.5. The van der Waals surface area contributed by atoms with E-state index in [0.29, 0.717) is 11.2 Å². The summed E-state index contributed by atoms with van der Waals surface area (Å²) >= 11 is -5.10. The summed E-state index contributed by atoms with van der Waals surface area (Å²) in [5.41, 5.74) is 1.58. The molecule has 1 heterocycles. The van der Waals surface area contributed by atoms with Crippen LogP contribution in [0.15, 0.2) is 54.6 Å². The first-order valence-electron chi connectivity index (χ1n) is 6.66. The van der Waals surface area contributed by atoms with Gasteiger partial charge in [-0.05, 0) is 0 Å².